The van der Waals surface area contributed by atoms with Crippen molar-refractivity contribution in [1.82, 2.24) is 9.55 Å². The van der Waals surface area contributed by atoms with E-state index in [1.165, 1.54) is 0 Å². The van der Waals surface area contributed by atoms with E-state index in [0.717, 1.165) is 23.4 Å². The quantitative estimate of drug-likeness (QED) is 0.794. The molecule has 0 radical (unpaired) electrons. The zero-order chi connectivity index (χ0) is 14.0. The molecule has 1 aromatic heterocycles. The zero-order valence-electron chi connectivity index (χ0n) is 11.9. The van der Waals surface area contributed by atoms with E-state index in [1.807, 2.05) is 45.0 Å². The summed E-state index contributed by atoms with van der Waals surface area (Å²) < 4.78 is 7.24. The summed E-state index contributed by atoms with van der Waals surface area (Å²) in [7, 11) is 0. The number of fused-ring (bicyclic) bond motifs is 1. The number of esters is 1. The first kappa shape index (κ1) is 13.6. The van der Waals surface area contributed by atoms with Crippen LogP contribution in [0, 0.1) is 0 Å². The van der Waals surface area contributed by atoms with E-state index in [9.17, 15) is 4.79 Å². The molecule has 2 rings (SSSR count). The largest absolute Gasteiger partial charge is 0.465 e. The zero-order valence-corrected chi connectivity index (χ0v) is 11.9. The third-order valence-electron chi connectivity index (χ3n) is 3.32. The van der Waals surface area contributed by atoms with Crippen LogP contribution in [0.3, 0.4) is 0 Å². The van der Waals surface area contributed by atoms with Crippen molar-refractivity contribution in [3.8, 4) is 0 Å². The van der Waals surface area contributed by atoms with Crippen LogP contribution in [-0.2, 0) is 21.5 Å². The lowest BCUT2D eigenvalue weighted by atomic mass is 9.92. The van der Waals surface area contributed by atoms with Crippen LogP contribution >= 0.6 is 0 Å². The van der Waals surface area contributed by atoms with Crippen molar-refractivity contribution in [3.63, 3.8) is 0 Å². The number of aromatic nitrogens is 2. The molecule has 0 aliphatic carbocycles. The Morgan fingerprint density at radius 2 is 2.00 bits per heavy atom. The van der Waals surface area contributed by atoms with E-state index in [2.05, 4.69) is 16.5 Å². The van der Waals surface area contributed by atoms with Crippen molar-refractivity contribution < 1.29 is 9.53 Å². The SMILES string of the molecule is CCOC(=O)C(C)(C)c1nc2ccccc2n1CC. The van der Waals surface area contributed by atoms with Crippen molar-refractivity contribution in [2.75, 3.05) is 6.61 Å². The predicted molar refractivity (Wildman–Crippen MR) is 75.1 cm³/mol. The maximum absolute atomic E-state index is 12.1. The van der Waals surface area contributed by atoms with E-state index in [-0.39, 0.29) is 5.97 Å². The molecule has 0 spiro atoms. The van der Waals surface area contributed by atoms with Crippen LogP contribution in [0.15, 0.2) is 24.3 Å². The lowest BCUT2D eigenvalue weighted by Gasteiger charge is -2.22. The van der Waals surface area contributed by atoms with Crippen molar-refractivity contribution in [2.24, 2.45) is 0 Å². The van der Waals surface area contributed by atoms with E-state index in [0.29, 0.717) is 6.61 Å². The molecule has 0 unspecified atom stereocenters. The topological polar surface area (TPSA) is 44.1 Å². The molecule has 0 bridgehead atoms. The summed E-state index contributed by atoms with van der Waals surface area (Å²) in [4.78, 5) is 16.8. The fraction of sp³-hybridized carbons (Fsp3) is 0.467. The van der Waals surface area contributed by atoms with Gasteiger partial charge >= 0.3 is 5.97 Å². The van der Waals surface area contributed by atoms with Gasteiger partial charge in [-0.15, -0.1) is 0 Å². The van der Waals surface area contributed by atoms with Gasteiger partial charge in [-0.25, -0.2) is 4.98 Å². The number of aryl methyl sites for hydroxylation is 1. The molecule has 1 aromatic carbocycles. The fourth-order valence-corrected chi connectivity index (χ4v) is 2.28. The standard InChI is InChI=1S/C15H20N2O2/c1-5-17-12-10-8-7-9-11(12)16-13(17)15(3,4)14(18)19-6-2/h7-10H,5-6H2,1-4H3. The van der Waals surface area contributed by atoms with Crippen LogP contribution in [0.25, 0.3) is 11.0 Å². The minimum Gasteiger partial charge on any atom is -0.465 e. The van der Waals surface area contributed by atoms with Crippen molar-refractivity contribution >= 4 is 17.0 Å². The second-order valence-electron chi connectivity index (χ2n) is 5.01. The molecule has 0 saturated heterocycles. The van der Waals surface area contributed by atoms with Gasteiger partial charge in [-0.2, -0.15) is 0 Å². The van der Waals surface area contributed by atoms with Gasteiger partial charge in [0, 0.05) is 6.54 Å². The predicted octanol–water partition coefficient (Wildman–Crippen LogP) is 2.90. The molecule has 4 heteroatoms. The monoisotopic (exact) mass is 260 g/mol. The molecule has 0 aliphatic rings. The number of hydrogen-bond donors (Lipinski definition) is 0. The highest BCUT2D eigenvalue weighted by molar-refractivity contribution is 5.84. The second-order valence-corrected chi connectivity index (χ2v) is 5.01. The molecule has 0 amide bonds. The molecule has 0 fully saturated rings. The lowest BCUT2D eigenvalue weighted by molar-refractivity contribution is -0.149. The number of hydrogen-bond acceptors (Lipinski definition) is 3. The van der Waals surface area contributed by atoms with E-state index in [1.54, 1.807) is 0 Å². The van der Waals surface area contributed by atoms with Crippen LogP contribution in [0.4, 0.5) is 0 Å². The molecular weight excluding hydrogens is 240 g/mol. The number of nitrogens with zero attached hydrogens (tertiary/aromatic N) is 2. The molecule has 4 nitrogen and oxygen atoms in total. The molecule has 2 aromatic rings. The second kappa shape index (κ2) is 5.03. The minimum atomic E-state index is -0.745. The maximum Gasteiger partial charge on any atom is 0.319 e. The lowest BCUT2D eigenvalue weighted by Crippen LogP contribution is -2.34. The Kier molecular flexibility index (Phi) is 3.60. The molecule has 0 aliphatic heterocycles. The third-order valence-corrected chi connectivity index (χ3v) is 3.32. The normalized spacial score (nSPS) is 11.8. The van der Waals surface area contributed by atoms with Gasteiger partial charge in [-0.3, -0.25) is 4.79 Å². The number of carbonyl (C=O) groups excluding carboxylic acids is 1. The van der Waals surface area contributed by atoms with Gasteiger partial charge in [0.25, 0.3) is 0 Å². The average molecular weight is 260 g/mol. The number of carbonyl (C=O) groups is 1. The smallest absolute Gasteiger partial charge is 0.319 e. The summed E-state index contributed by atoms with van der Waals surface area (Å²) in [5.41, 5.74) is 1.22. The van der Waals surface area contributed by atoms with Gasteiger partial charge in [0.05, 0.1) is 17.6 Å². The number of benzene rings is 1. The van der Waals surface area contributed by atoms with Gasteiger partial charge in [-0.05, 0) is 39.8 Å². The number of para-hydroxylation sites is 2. The number of ether oxygens (including phenoxy) is 1. The summed E-state index contributed by atoms with van der Waals surface area (Å²) in [6.45, 7) is 8.75. The molecule has 19 heavy (non-hydrogen) atoms. The molecule has 0 atom stereocenters. The number of rotatable bonds is 4. The van der Waals surface area contributed by atoms with Gasteiger partial charge in [0.1, 0.15) is 11.2 Å². The highest BCUT2D eigenvalue weighted by Gasteiger charge is 2.36. The van der Waals surface area contributed by atoms with Crippen LogP contribution in [0.2, 0.25) is 0 Å². The fourth-order valence-electron chi connectivity index (χ4n) is 2.28. The maximum atomic E-state index is 12.1. The molecule has 1 heterocycles. The van der Waals surface area contributed by atoms with Crippen LogP contribution in [0.5, 0.6) is 0 Å². The third kappa shape index (κ3) is 2.23. The Morgan fingerprint density at radius 3 is 2.63 bits per heavy atom. The highest BCUT2D eigenvalue weighted by atomic mass is 16.5. The Morgan fingerprint density at radius 1 is 1.32 bits per heavy atom. The average Bonchev–Trinajstić information content (AvgIpc) is 2.78. The molecular formula is C15H20N2O2. The Bertz CT molecular complexity index is 599. The van der Waals surface area contributed by atoms with Crippen molar-refractivity contribution in [2.45, 2.75) is 39.7 Å². The Balaban J connectivity index is 2.58. The van der Waals surface area contributed by atoms with Gasteiger partial charge in [-0.1, -0.05) is 12.1 Å². The van der Waals surface area contributed by atoms with Crippen LogP contribution in [0.1, 0.15) is 33.5 Å². The first-order valence-electron chi connectivity index (χ1n) is 6.65. The van der Waals surface area contributed by atoms with Gasteiger partial charge < -0.3 is 9.30 Å². The summed E-state index contributed by atoms with van der Waals surface area (Å²) in [5.74, 6) is 0.523. The highest BCUT2D eigenvalue weighted by Crippen LogP contribution is 2.28. The van der Waals surface area contributed by atoms with Gasteiger partial charge in [0.15, 0.2) is 0 Å². The van der Waals surface area contributed by atoms with Crippen molar-refractivity contribution in [1.29, 1.82) is 0 Å². The van der Waals surface area contributed by atoms with E-state index >= 15 is 0 Å². The summed E-state index contributed by atoms with van der Waals surface area (Å²) in [6.07, 6.45) is 0. The molecule has 0 N–H and O–H groups in total. The molecule has 102 valence electrons. The minimum absolute atomic E-state index is 0.236. The summed E-state index contributed by atoms with van der Waals surface area (Å²) in [6, 6.07) is 7.93. The Labute approximate surface area is 113 Å². The Hall–Kier alpha value is -1.84. The van der Waals surface area contributed by atoms with Gasteiger partial charge in [0.2, 0.25) is 0 Å². The first-order valence-corrected chi connectivity index (χ1v) is 6.65. The summed E-state index contributed by atoms with van der Waals surface area (Å²) in [5, 5.41) is 0. The van der Waals surface area contributed by atoms with Crippen LogP contribution in [-0.4, -0.2) is 22.1 Å². The molecule has 0 saturated carbocycles. The van der Waals surface area contributed by atoms with E-state index < -0.39 is 5.41 Å². The number of imidazole rings is 1. The van der Waals surface area contributed by atoms with Crippen molar-refractivity contribution in [3.05, 3.63) is 30.1 Å². The first-order chi connectivity index (χ1) is 9.02. The summed E-state index contributed by atoms with van der Waals surface area (Å²) >= 11 is 0. The van der Waals surface area contributed by atoms with Crippen LogP contribution < -0.4 is 0 Å². The van der Waals surface area contributed by atoms with E-state index in [4.69, 9.17) is 4.74 Å².